The van der Waals surface area contributed by atoms with E-state index in [-0.39, 0.29) is 31.4 Å². The molecule has 0 aliphatic heterocycles. The Kier molecular flexibility index (Phi) is 6.32. The molecule has 0 bridgehead atoms. The minimum absolute atomic E-state index is 0.00251. The Morgan fingerprint density at radius 1 is 0.871 bits per heavy atom. The van der Waals surface area contributed by atoms with Gasteiger partial charge in [-0.15, -0.1) is 0 Å². The molecule has 3 aromatic carbocycles. The molecule has 0 fully saturated rings. The summed E-state index contributed by atoms with van der Waals surface area (Å²) in [7, 11) is 0. The van der Waals surface area contributed by atoms with Crippen LogP contribution in [-0.2, 0) is 16.0 Å². The van der Waals surface area contributed by atoms with E-state index in [2.05, 4.69) is 29.6 Å². The van der Waals surface area contributed by atoms with Gasteiger partial charge in [0.1, 0.15) is 6.61 Å². The zero-order valence-corrected chi connectivity index (χ0v) is 17.2. The topological polar surface area (TPSA) is 75.6 Å². The molecule has 0 saturated carbocycles. The molecule has 0 spiro atoms. The monoisotopic (exact) mass is 415 g/mol. The number of nitrogens with one attached hydrogen (secondary N) is 1. The number of hydrogen-bond acceptors (Lipinski definition) is 3. The first-order valence-corrected chi connectivity index (χ1v) is 10.5. The molecule has 31 heavy (non-hydrogen) atoms. The summed E-state index contributed by atoms with van der Waals surface area (Å²) < 4.78 is 5.55. The van der Waals surface area contributed by atoms with Crippen LogP contribution in [0.15, 0.2) is 78.9 Å². The molecule has 1 aliphatic carbocycles. The molecule has 1 amide bonds. The molecule has 1 atom stereocenters. The normalized spacial score (nSPS) is 13.2. The van der Waals surface area contributed by atoms with Gasteiger partial charge in [-0.1, -0.05) is 78.9 Å². The van der Waals surface area contributed by atoms with E-state index >= 15 is 0 Å². The molecular formula is C26H25NO4. The van der Waals surface area contributed by atoms with Crippen LogP contribution < -0.4 is 5.32 Å². The summed E-state index contributed by atoms with van der Waals surface area (Å²) in [6, 6.07) is 26.0. The van der Waals surface area contributed by atoms with Gasteiger partial charge in [-0.05, 0) is 40.2 Å². The highest BCUT2D eigenvalue weighted by atomic mass is 16.5. The summed E-state index contributed by atoms with van der Waals surface area (Å²) in [5, 5.41) is 12.0. The van der Waals surface area contributed by atoms with Crippen molar-refractivity contribution in [3.8, 4) is 11.1 Å². The van der Waals surface area contributed by atoms with Gasteiger partial charge >= 0.3 is 12.1 Å². The maximum atomic E-state index is 12.4. The maximum absolute atomic E-state index is 12.4. The van der Waals surface area contributed by atoms with Gasteiger partial charge in [0.25, 0.3) is 0 Å². The van der Waals surface area contributed by atoms with Crippen molar-refractivity contribution in [3.63, 3.8) is 0 Å². The lowest BCUT2D eigenvalue weighted by Gasteiger charge is -2.17. The van der Waals surface area contributed by atoms with Gasteiger partial charge in [0.2, 0.25) is 0 Å². The number of rotatable bonds is 8. The van der Waals surface area contributed by atoms with Gasteiger partial charge in [-0.3, -0.25) is 4.79 Å². The Bertz CT molecular complexity index is 1020. The second-order valence-corrected chi connectivity index (χ2v) is 7.86. The number of carbonyl (C=O) groups is 2. The number of aliphatic carboxylic acids is 1. The number of carbonyl (C=O) groups excluding carboxylic acids is 1. The molecule has 2 N–H and O–H groups in total. The van der Waals surface area contributed by atoms with E-state index in [9.17, 15) is 14.7 Å². The molecule has 4 rings (SSSR count). The molecule has 0 aromatic heterocycles. The van der Waals surface area contributed by atoms with E-state index in [0.717, 1.165) is 16.7 Å². The van der Waals surface area contributed by atoms with E-state index in [4.69, 9.17) is 4.74 Å². The van der Waals surface area contributed by atoms with Gasteiger partial charge < -0.3 is 15.2 Å². The third-order valence-corrected chi connectivity index (χ3v) is 5.71. The van der Waals surface area contributed by atoms with E-state index in [1.165, 1.54) is 11.1 Å². The number of benzene rings is 3. The number of alkyl carbamates (subject to hydrolysis) is 1. The Hall–Kier alpha value is -3.60. The van der Waals surface area contributed by atoms with E-state index < -0.39 is 12.1 Å². The van der Waals surface area contributed by atoms with Crippen molar-refractivity contribution in [2.45, 2.75) is 18.8 Å². The van der Waals surface area contributed by atoms with Gasteiger partial charge in [0.05, 0.1) is 6.42 Å². The average Bonchev–Trinajstić information content (AvgIpc) is 3.10. The number of fused-ring (bicyclic) bond motifs is 3. The molecule has 158 valence electrons. The Balaban J connectivity index is 1.36. The Labute approximate surface area is 181 Å². The minimum atomic E-state index is -0.879. The number of hydrogen-bond donors (Lipinski definition) is 2. The molecule has 5 nitrogen and oxygen atoms in total. The van der Waals surface area contributed by atoms with Crippen molar-refractivity contribution in [2.75, 3.05) is 13.2 Å². The van der Waals surface area contributed by atoms with Crippen molar-refractivity contribution in [1.29, 1.82) is 0 Å². The first-order chi connectivity index (χ1) is 15.1. The lowest BCUT2D eigenvalue weighted by Crippen LogP contribution is -2.32. The van der Waals surface area contributed by atoms with Crippen LogP contribution in [0.1, 0.15) is 29.0 Å². The summed E-state index contributed by atoms with van der Waals surface area (Å²) in [6.07, 6.45) is 0.0420. The quantitative estimate of drug-likeness (QED) is 0.551. The fourth-order valence-electron chi connectivity index (χ4n) is 4.29. The molecule has 3 aromatic rings. The maximum Gasteiger partial charge on any atom is 0.407 e. The van der Waals surface area contributed by atoms with E-state index in [1.807, 2.05) is 54.6 Å². The van der Waals surface area contributed by atoms with Gasteiger partial charge in [-0.25, -0.2) is 4.79 Å². The minimum Gasteiger partial charge on any atom is -0.481 e. The highest BCUT2D eigenvalue weighted by Gasteiger charge is 2.29. The lowest BCUT2D eigenvalue weighted by atomic mass is 9.96. The average molecular weight is 415 g/mol. The zero-order valence-electron chi connectivity index (χ0n) is 17.2. The Morgan fingerprint density at radius 3 is 2.06 bits per heavy atom. The molecule has 1 aliphatic rings. The molecule has 0 heterocycles. The second-order valence-electron chi connectivity index (χ2n) is 7.86. The second kappa shape index (κ2) is 9.47. The largest absolute Gasteiger partial charge is 0.481 e. The number of amides is 1. The van der Waals surface area contributed by atoms with Crippen LogP contribution in [0.2, 0.25) is 0 Å². The fourth-order valence-corrected chi connectivity index (χ4v) is 4.29. The van der Waals surface area contributed by atoms with Crippen molar-refractivity contribution in [2.24, 2.45) is 5.92 Å². The van der Waals surface area contributed by atoms with Crippen molar-refractivity contribution in [3.05, 3.63) is 95.6 Å². The lowest BCUT2D eigenvalue weighted by molar-refractivity contribution is -0.138. The van der Waals surface area contributed by atoms with Crippen LogP contribution in [0.3, 0.4) is 0 Å². The van der Waals surface area contributed by atoms with Crippen molar-refractivity contribution < 1.29 is 19.4 Å². The first-order valence-electron chi connectivity index (χ1n) is 10.5. The number of ether oxygens (including phenoxy) is 1. The van der Waals surface area contributed by atoms with Crippen LogP contribution in [0.25, 0.3) is 11.1 Å². The summed E-state index contributed by atoms with van der Waals surface area (Å²) in [5.41, 5.74) is 5.71. The zero-order chi connectivity index (χ0) is 21.6. The predicted octanol–water partition coefficient (Wildman–Crippen LogP) is 4.86. The molecule has 0 radical (unpaired) electrons. The molecule has 5 heteroatoms. The molecule has 1 unspecified atom stereocenters. The van der Waals surface area contributed by atoms with Gasteiger partial charge in [0, 0.05) is 12.5 Å². The van der Waals surface area contributed by atoms with Crippen LogP contribution in [-0.4, -0.2) is 30.3 Å². The van der Waals surface area contributed by atoms with Gasteiger partial charge in [-0.2, -0.15) is 0 Å². The summed E-state index contributed by atoms with van der Waals surface area (Å²) in [5.74, 6) is -1.09. The highest BCUT2D eigenvalue weighted by Crippen LogP contribution is 2.44. The first kappa shape index (κ1) is 20.7. The summed E-state index contributed by atoms with van der Waals surface area (Å²) >= 11 is 0. The highest BCUT2D eigenvalue weighted by molar-refractivity contribution is 5.79. The number of carboxylic acid groups (broad SMARTS) is 1. The van der Waals surface area contributed by atoms with Crippen molar-refractivity contribution in [1.82, 2.24) is 5.32 Å². The summed E-state index contributed by atoms with van der Waals surface area (Å²) in [6.45, 7) is 0.486. The fraction of sp³-hybridized carbons (Fsp3) is 0.231. The third-order valence-electron chi connectivity index (χ3n) is 5.71. The number of carboxylic acids is 1. The van der Waals surface area contributed by atoms with Crippen molar-refractivity contribution >= 4 is 12.1 Å². The Morgan fingerprint density at radius 2 is 1.45 bits per heavy atom. The summed E-state index contributed by atoms with van der Waals surface area (Å²) in [4.78, 5) is 23.6. The standard InChI is InChI=1S/C26H25NO4/c28-25(29)15-19(14-18-8-2-1-3-9-18)16-27-26(30)31-17-24-22-12-6-4-10-20(22)21-11-5-7-13-23(21)24/h1-13,19,24H,14-17H2,(H,27,30)(H,28,29). The van der Waals surface area contributed by atoms with Crippen LogP contribution in [0.5, 0.6) is 0 Å². The third kappa shape index (κ3) is 4.94. The molecule has 0 saturated heterocycles. The van der Waals surface area contributed by atoms with E-state index in [0.29, 0.717) is 6.42 Å². The van der Waals surface area contributed by atoms with Crippen LogP contribution in [0.4, 0.5) is 4.79 Å². The van der Waals surface area contributed by atoms with Crippen LogP contribution >= 0.6 is 0 Å². The predicted molar refractivity (Wildman–Crippen MR) is 119 cm³/mol. The van der Waals surface area contributed by atoms with Gasteiger partial charge in [0.15, 0.2) is 0 Å². The van der Waals surface area contributed by atoms with E-state index in [1.54, 1.807) is 0 Å². The molecular weight excluding hydrogens is 390 g/mol. The smallest absolute Gasteiger partial charge is 0.407 e. The SMILES string of the molecule is O=C(O)CC(CNC(=O)OCC1c2ccccc2-c2ccccc21)Cc1ccccc1. The van der Waals surface area contributed by atoms with Crippen LogP contribution in [0, 0.1) is 5.92 Å².